The van der Waals surface area contributed by atoms with Crippen molar-refractivity contribution in [2.24, 2.45) is 17.8 Å². The predicted octanol–water partition coefficient (Wildman–Crippen LogP) is 5.60. The Balaban J connectivity index is 1.15. The van der Waals surface area contributed by atoms with Crippen molar-refractivity contribution >= 4 is 29.5 Å². The second kappa shape index (κ2) is 10.1. The molecule has 7 rings (SSSR count). The van der Waals surface area contributed by atoms with Gasteiger partial charge in [0.1, 0.15) is 16.7 Å². The Morgan fingerprint density at radius 3 is 2.73 bits per heavy atom. The highest BCUT2D eigenvalue weighted by Gasteiger charge is 2.41. The molecule has 2 fully saturated rings. The first-order valence-corrected chi connectivity index (χ1v) is 15.1. The minimum atomic E-state index is -0.262. The van der Waals surface area contributed by atoms with E-state index in [9.17, 15) is 4.79 Å². The molecule has 3 aromatic rings. The molecule has 0 radical (unpaired) electrons. The second-order valence-corrected chi connectivity index (χ2v) is 12.8. The van der Waals surface area contributed by atoms with E-state index in [2.05, 4.69) is 45.1 Å². The summed E-state index contributed by atoms with van der Waals surface area (Å²) in [7, 11) is 0. The molecule has 0 aromatic carbocycles. The molecule has 3 aromatic heterocycles. The van der Waals surface area contributed by atoms with E-state index >= 15 is 0 Å². The lowest BCUT2D eigenvalue weighted by Gasteiger charge is -2.33. The fraction of sp³-hybridized carbons (Fsp3) is 0.467. The summed E-state index contributed by atoms with van der Waals surface area (Å²) >= 11 is 1.20. The molecule has 0 unspecified atom stereocenters. The van der Waals surface area contributed by atoms with Crippen LogP contribution in [-0.2, 0) is 0 Å². The minimum absolute atomic E-state index is 0.221. The van der Waals surface area contributed by atoms with Gasteiger partial charge in [-0.3, -0.25) is 9.52 Å². The van der Waals surface area contributed by atoms with E-state index in [1.165, 1.54) is 43.2 Å². The van der Waals surface area contributed by atoms with Crippen LogP contribution in [0.25, 0.3) is 5.82 Å². The average molecular weight is 558 g/mol. The SMILES string of the molecule is CC1(C)CC2=CN1c1nc(-n3ccc(OCCC(C4CC4)C4CC4)n3)ccc1C(=O)NSc1cccc(n1)NC2. The number of fused-ring (bicyclic) bond motifs is 5. The Kier molecular flexibility index (Phi) is 6.45. The van der Waals surface area contributed by atoms with Crippen LogP contribution in [-0.4, -0.2) is 44.3 Å². The zero-order valence-corrected chi connectivity index (χ0v) is 23.8. The van der Waals surface area contributed by atoms with Crippen molar-refractivity contribution in [1.29, 1.82) is 0 Å². The molecule has 1 amide bonds. The summed E-state index contributed by atoms with van der Waals surface area (Å²) in [6.07, 6.45) is 11.5. The van der Waals surface area contributed by atoms with E-state index in [0.717, 1.165) is 36.4 Å². The van der Waals surface area contributed by atoms with Crippen LogP contribution in [0.3, 0.4) is 0 Å². The third kappa shape index (κ3) is 5.29. The van der Waals surface area contributed by atoms with Crippen LogP contribution in [0.4, 0.5) is 11.6 Å². The van der Waals surface area contributed by atoms with Gasteiger partial charge in [-0.2, -0.15) is 0 Å². The number of nitrogens with one attached hydrogen (secondary N) is 2. The number of carbonyl (C=O) groups is 1. The third-order valence-electron chi connectivity index (χ3n) is 8.38. The van der Waals surface area contributed by atoms with Crippen LogP contribution < -0.4 is 19.7 Å². The molecule has 0 spiro atoms. The highest BCUT2D eigenvalue weighted by molar-refractivity contribution is 7.97. The molecule has 4 bridgehead atoms. The molecule has 4 aliphatic rings. The zero-order chi connectivity index (χ0) is 27.3. The Labute approximate surface area is 238 Å². The van der Waals surface area contributed by atoms with Crippen molar-refractivity contribution in [3.05, 3.63) is 59.9 Å². The molecule has 2 aliphatic heterocycles. The van der Waals surface area contributed by atoms with Gasteiger partial charge in [0.2, 0.25) is 5.88 Å². The standard InChI is InChI=1S/C30H35N7O2S/c1-30(2)16-19-17-31-24-4-3-5-27(32-24)40-35-29(38)23-10-11-25(33-28(23)36(30)18-19)37-14-12-26(34-37)39-15-13-22(20-6-7-20)21-8-9-21/h3-5,10-12,14,18,20-22H,6-9,13,15-17H2,1-2H3,(H,31,32)(H,35,38). The number of carbonyl (C=O) groups excluding carboxylic acids is 1. The lowest BCUT2D eigenvalue weighted by molar-refractivity contribution is 0.0984. The van der Waals surface area contributed by atoms with Crippen molar-refractivity contribution in [3.8, 4) is 11.7 Å². The summed E-state index contributed by atoms with van der Waals surface area (Å²) in [4.78, 5) is 25.1. The van der Waals surface area contributed by atoms with Gasteiger partial charge in [-0.15, -0.1) is 5.10 Å². The molecule has 2 N–H and O–H groups in total. The third-order valence-corrected chi connectivity index (χ3v) is 9.10. The number of rotatable bonds is 7. The number of anilines is 2. The summed E-state index contributed by atoms with van der Waals surface area (Å²) in [5, 5.41) is 8.81. The van der Waals surface area contributed by atoms with Crippen LogP contribution in [0, 0.1) is 17.8 Å². The summed E-state index contributed by atoms with van der Waals surface area (Å²) in [6, 6.07) is 11.3. The molecule has 10 heteroatoms. The van der Waals surface area contributed by atoms with Gasteiger partial charge in [-0.05, 0) is 100.0 Å². The molecular formula is C30H35N7O2S. The van der Waals surface area contributed by atoms with Gasteiger partial charge >= 0.3 is 0 Å². The molecule has 0 atom stereocenters. The fourth-order valence-corrected chi connectivity index (χ4v) is 6.67. The Morgan fingerprint density at radius 1 is 1.10 bits per heavy atom. The molecule has 9 nitrogen and oxygen atoms in total. The smallest absolute Gasteiger partial charge is 0.265 e. The topological polar surface area (TPSA) is 97.2 Å². The molecule has 40 heavy (non-hydrogen) atoms. The molecule has 208 valence electrons. The first-order valence-electron chi connectivity index (χ1n) is 14.3. The van der Waals surface area contributed by atoms with Crippen LogP contribution >= 0.6 is 11.9 Å². The van der Waals surface area contributed by atoms with E-state index in [1.807, 2.05) is 42.6 Å². The van der Waals surface area contributed by atoms with E-state index < -0.39 is 0 Å². The van der Waals surface area contributed by atoms with Gasteiger partial charge in [0, 0.05) is 42.5 Å². The maximum Gasteiger partial charge on any atom is 0.265 e. The van der Waals surface area contributed by atoms with Crippen molar-refractivity contribution in [2.45, 2.75) is 62.9 Å². The van der Waals surface area contributed by atoms with Crippen LogP contribution in [0.2, 0.25) is 0 Å². The van der Waals surface area contributed by atoms with Crippen LogP contribution in [0.1, 0.15) is 62.7 Å². The van der Waals surface area contributed by atoms with Crippen molar-refractivity contribution in [3.63, 3.8) is 0 Å². The summed E-state index contributed by atoms with van der Waals surface area (Å²) in [5.41, 5.74) is 1.45. The number of amides is 1. The number of nitrogens with zero attached hydrogens (tertiary/aromatic N) is 5. The summed E-state index contributed by atoms with van der Waals surface area (Å²) in [6.45, 7) is 5.70. The van der Waals surface area contributed by atoms with Crippen molar-refractivity contribution in [2.75, 3.05) is 23.4 Å². The molecule has 2 aliphatic carbocycles. The normalized spacial score (nSPS) is 20.0. The Hall–Kier alpha value is -3.53. The van der Waals surface area contributed by atoms with E-state index in [0.29, 0.717) is 41.3 Å². The number of hydrogen-bond acceptors (Lipinski definition) is 8. The zero-order valence-electron chi connectivity index (χ0n) is 23.0. The monoisotopic (exact) mass is 557 g/mol. The fourth-order valence-electron chi connectivity index (χ4n) is 6.07. The Morgan fingerprint density at radius 2 is 1.93 bits per heavy atom. The molecular weight excluding hydrogens is 522 g/mol. The lowest BCUT2D eigenvalue weighted by Crippen LogP contribution is -2.38. The molecule has 5 heterocycles. The van der Waals surface area contributed by atoms with Gasteiger partial charge in [0.25, 0.3) is 5.91 Å². The number of hydrogen-bond donors (Lipinski definition) is 2. The molecule has 2 saturated carbocycles. The largest absolute Gasteiger partial charge is 0.477 e. The van der Waals surface area contributed by atoms with E-state index in [4.69, 9.17) is 9.72 Å². The molecule has 0 saturated heterocycles. The average Bonchev–Trinajstić information content (AvgIpc) is 3.89. The van der Waals surface area contributed by atoms with Crippen LogP contribution in [0.5, 0.6) is 5.88 Å². The minimum Gasteiger partial charge on any atom is -0.477 e. The van der Waals surface area contributed by atoms with Gasteiger partial charge in [0.05, 0.1) is 12.2 Å². The highest BCUT2D eigenvalue weighted by atomic mass is 32.2. The summed E-state index contributed by atoms with van der Waals surface area (Å²) < 4.78 is 10.7. The van der Waals surface area contributed by atoms with Gasteiger partial charge in [-0.25, -0.2) is 14.6 Å². The van der Waals surface area contributed by atoms with E-state index in [-0.39, 0.29) is 11.4 Å². The van der Waals surface area contributed by atoms with Gasteiger partial charge in [-0.1, -0.05) is 6.07 Å². The number of aromatic nitrogens is 4. The second-order valence-electron chi connectivity index (χ2n) is 12.0. The van der Waals surface area contributed by atoms with Crippen molar-refractivity contribution < 1.29 is 9.53 Å². The number of pyridine rings is 2. The van der Waals surface area contributed by atoms with Crippen LogP contribution in [0.15, 0.2) is 59.4 Å². The lowest BCUT2D eigenvalue weighted by atomic mass is 9.95. The highest BCUT2D eigenvalue weighted by Crippen LogP contribution is 2.50. The first kappa shape index (κ1) is 25.4. The predicted molar refractivity (Wildman–Crippen MR) is 156 cm³/mol. The van der Waals surface area contributed by atoms with Crippen molar-refractivity contribution in [1.82, 2.24) is 24.5 Å². The maximum absolute atomic E-state index is 13.4. The summed E-state index contributed by atoms with van der Waals surface area (Å²) in [5.74, 6) is 5.07. The maximum atomic E-state index is 13.4. The quantitative estimate of drug-likeness (QED) is 0.362. The first-order chi connectivity index (χ1) is 19.4. The number of ether oxygens (including phenoxy) is 1. The Bertz CT molecular complexity index is 1450. The van der Waals surface area contributed by atoms with Gasteiger partial charge < -0.3 is 15.0 Å². The van der Waals surface area contributed by atoms with Gasteiger partial charge in [0.15, 0.2) is 5.82 Å². The van der Waals surface area contributed by atoms with E-state index in [1.54, 1.807) is 4.68 Å².